The number of anilines is 2. The van der Waals surface area contributed by atoms with Gasteiger partial charge in [0.15, 0.2) is 0 Å². The number of benzene rings is 1. The van der Waals surface area contributed by atoms with E-state index in [0.717, 1.165) is 12.1 Å². The van der Waals surface area contributed by atoms with Gasteiger partial charge in [-0.1, -0.05) is 0 Å². The Labute approximate surface area is 131 Å². The Morgan fingerprint density at radius 2 is 2.00 bits per heavy atom. The minimum atomic E-state index is -4.46. The number of amides is 1. The Balaban J connectivity index is 2.14. The lowest BCUT2D eigenvalue weighted by Crippen LogP contribution is -2.18. The molecule has 2 rings (SSSR count). The highest BCUT2D eigenvalue weighted by Crippen LogP contribution is 2.34. The van der Waals surface area contributed by atoms with Crippen molar-refractivity contribution in [2.75, 3.05) is 24.3 Å². The number of nitrogens with zero attached hydrogens (tertiary/aromatic N) is 1. The minimum Gasteiger partial charge on any atom is -0.469 e. The average Bonchev–Trinajstić information content (AvgIpc) is 2.97. The minimum absolute atomic E-state index is 0.122. The summed E-state index contributed by atoms with van der Waals surface area (Å²) in [5.41, 5.74) is -0.164. The summed E-state index contributed by atoms with van der Waals surface area (Å²) in [6.45, 7) is 0. The van der Waals surface area contributed by atoms with Crippen LogP contribution < -0.4 is 10.2 Å². The monoisotopic (exact) mass is 326 g/mol. The first kappa shape index (κ1) is 16.9. The van der Waals surface area contributed by atoms with Crippen molar-refractivity contribution >= 4 is 17.3 Å². The van der Waals surface area contributed by atoms with Crippen molar-refractivity contribution in [1.82, 2.24) is 0 Å². The first-order chi connectivity index (χ1) is 10.8. The zero-order valence-electron chi connectivity index (χ0n) is 12.8. The van der Waals surface area contributed by atoms with Crippen molar-refractivity contribution in [3.05, 3.63) is 47.9 Å². The van der Waals surface area contributed by atoms with Gasteiger partial charge in [-0.15, -0.1) is 0 Å². The van der Waals surface area contributed by atoms with Crippen molar-refractivity contribution in [3.63, 3.8) is 0 Å². The standard InChI is InChI=1S/C16H17F3N2O2/c1-21(2)14-7-5-11(16(17,18)19)10-13(14)20-15(22)8-6-12-4-3-9-23-12/h3-5,7,9-10H,6,8H2,1-2H3,(H,20,22). The summed E-state index contributed by atoms with van der Waals surface area (Å²) < 4.78 is 43.6. The molecule has 2 aromatic rings. The van der Waals surface area contributed by atoms with Crippen LogP contribution in [0.1, 0.15) is 17.7 Å². The van der Waals surface area contributed by atoms with E-state index in [-0.39, 0.29) is 18.0 Å². The topological polar surface area (TPSA) is 45.5 Å². The summed E-state index contributed by atoms with van der Waals surface area (Å²) in [5, 5.41) is 2.54. The van der Waals surface area contributed by atoms with E-state index in [2.05, 4.69) is 5.32 Å². The second-order valence-corrected chi connectivity index (χ2v) is 5.25. The third kappa shape index (κ3) is 4.51. The molecule has 0 saturated carbocycles. The number of halogens is 3. The molecule has 4 nitrogen and oxygen atoms in total. The number of alkyl halides is 3. The lowest BCUT2D eigenvalue weighted by molar-refractivity contribution is -0.137. The van der Waals surface area contributed by atoms with Gasteiger partial charge >= 0.3 is 6.18 Å². The number of carbonyl (C=O) groups is 1. The highest BCUT2D eigenvalue weighted by Gasteiger charge is 2.31. The van der Waals surface area contributed by atoms with Crippen LogP contribution in [0.15, 0.2) is 41.0 Å². The predicted octanol–water partition coefficient (Wildman–Crippen LogP) is 3.94. The summed E-state index contributed by atoms with van der Waals surface area (Å²) in [6.07, 6.45) is -2.45. The van der Waals surface area contributed by atoms with E-state index < -0.39 is 11.7 Å². The van der Waals surface area contributed by atoms with E-state index in [4.69, 9.17) is 4.42 Å². The zero-order chi connectivity index (χ0) is 17.0. The largest absolute Gasteiger partial charge is 0.469 e. The van der Waals surface area contributed by atoms with E-state index in [9.17, 15) is 18.0 Å². The lowest BCUT2D eigenvalue weighted by atomic mass is 10.1. The summed E-state index contributed by atoms with van der Waals surface area (Å²) in [5.74, 6) is 0.279. The molecule has 23 heavy (non-hydrogen) atoms. The molecule has 0 fully saturated rings. The van der Waals surface area contributed by atoms with Gasteiger partial charge in [0.25, 0.3) is 0 Å². The molecule has 0 aliphatic carbocycles. The van der Waals surface area contributed by atoms with Gasteiger partial charge in [-0.05, 0) is 30.3 Å². The van der Waals surface area contributed by atoms with Crippen LogP contribution >= 0.6 is 0 Å². The number of aryl methyl sites for hydroxylation is 1. The number of hydrogen-bond acceptors (Lipinski definition) is 3. The molecule has 0 aliphatic heterocycles. The van der Waals surface area contributed by atoms with Crippen LogP contribution in [-0.2, 0) is 17.4 Å². The summed E-state index contributed by atoms with van der Waals surface area (Å²) in [6, 6.07) is 6.73. The van der Waals surface area contributed by atoms with E-state index >= 15 is 0 Å². The van der Waals surface area contributed by atoms with Gasteiger partial charge in [0, 0.05) is 26.9 Å². The van der Waals surface area contributed by atoms with Crippen molar-refractivity contribution in [2.24, 2.45) is 0 Å². The van der Waals surface area contributed by atoms with Crippen LogP contribution in [0.4, 0.5) is 24.5 Å². The van der Waals surface area contributed by atoms with Gasteiger partial charge < -0.3 is 14.6 Å². The summed E-state index contributed by atoms with van der Waals surface area (Å²) in [4.78, 5) is 13.6. The van der Waals surface area contributed by atoms with Crippen molar-refractivity contribution in [2.45, 2.75) is 19.0 Å². The molecule has 1 aromatic carbocycles. The second kappa shape index (κ2) is 6.76. The van der Waals surface area contributed by atoms with Crippen LogP contribution in [0.2, 0.25) is 0 Å². The van der Waals surface area contributed by atoms with Crippen molar-refractivity contribution in [1.29, 1.82) is 0 Å². The van der Waals surface area contributed by atoms with Gasteiger partial charge in [0.05, 0.1) is 23.2 Å². The molecule has 0 unspecified atom stereocenters. The molecule has 1 N–H and O–H groups in total. The lowest BCUT2D eigenvalue weighted by Gasteiger charge is -2.19. The summed E-state index contributed by atoms with van der Waals surface area (Å²) in [7, 11) is 3.39. The predicted molar refractivity (Wildman–Crippen MR) is 81.4 cm³/mol. The SMILES string of the molecule is CN(C)c1ccc(C(F)(F)F)cc1NC(=O)CCc1ccco1. The molecule has 0 saturated heterocycles. The Hall–Kier alpha value is -2.44. The normalized spacial score (nSPS) is 11.3. The Morgan fingerprint density at radius 1 is 1.26 bits per heavy atom. The van der Waals surface area contributed by atoms with Gasteiger partial charge in [0.2, 0.25) is 5.91 Å². The maximum atomic E-state index is 12.8. The molecule has 124 valence electrons. The molecule has 0 aliphatic rings. The fourth-order valence-corrected chi connectivity index (χ4v) is 2.11. The molecule has 0 spiro atoms. The van der Waals surface area contributed by atoms with E-state index in [1.165, 1.54) is 12.3 Å². The molecule has 1 amide bonds. The molecular weight excluding hydrogens is 309 g/mol. The second-order valence-electron chi connectivity index (χ2n) is 5.25. The third-order valence-electron chi connectivity index (χ3n) is 3.26. The first-order valence-electron chi connectivity index (χ1n) is 6.98. The van der Waals surface area contributed by atoms with E-state index in [1.54, 1.807) is 31.1 Å². The van der Waals surface area contributed by atoms with Crippen LogP contribution in [0.3, 0.4) is 0 Å². The first-order valence-corrected chi connectivity index (χ1v) is 6.98. The number of carbonyl (C=O) groups excluding carboxylic acids is 1. The maximum absolute atomic E-state index is 12.8. The highest BCUT2D eigenvalue weighted by atomic mass is 19.4. The molecular formula is C16H17F3N2O2. The molecule has 0 atom stereocenters. The molecule has 1 heterocycles. The van der Waals surface area contributed by atoms with Crippen LogP contribution in [0, 0.1) is 0 Å². The number of furan rings is 1. The Bertz CT molecular complexity index is 664. The van der Waals surface area contributed by atoms with Gasteiger partial charge in [0.1, 0.15) is 5.76 Å². The fourth-order valence-electron chi connectivity index (χ4n) is 2.11. The maximum Gasteiger partial charge on any atom is 0.416 e. The quantitative estimate of drug-likeness (QED) is 0.905. The summed E-state index contributed by atoms with van der Waals surface area (Å²) >= 11 is 0. The van der Waals surface area contributed by atoms with Crippen molar-refractivity contribution < 1.29 is 22.4 Å². The third-order valence-corrected chi connectivity index (χ3v) is 3.26. The van der Waals surface area contributed by atoms with Crippen LogP contribution in [0.25, 0.3) is 0 Å². The van der Waals surface area contributed by atoms with E-state index in [1.807, 2.05) is 0 Å². The number of nitrogens with one attached hydrogen (secondary N) is 1. The molecule has 0 bridgehead atoms. The number of hydrogen-bond donors (Lipinski definition) is 1. The highest BCUT2D eigenvalue weighted by molar-refractivity contribution is 5.94. The van der Waals surface area contributed by atoms with Gasteiger partial charge in [-0.3, -0.25) is 4.79 Å². The molecule has 7 heteroatoms. The fraction of sp³-hybridized carbons (Fsp3) is 0.312. The average molecular weight is 326 g/mol. The van der Waals surface area contributed by atoms with Crippen LogP contribution in [-0.4, -0.2) is 20.0 Å². The zero-order valence-corrected chi connectivity index (χ0v) is 12.8. The van der Waals surface area contributed by atoms with Crippen LogP contribution in [0.5, 0.6) is 0 Å². The van der Waals surface area contributed by atoms with Crippen molar-refractivity contribution in [3.8, 4) is 0 Å². The number of rotatable bonds is 5. The van der Waals surface area contributed by atoms with Gasteiger partial charge in [-0.25, -0.2) is 0 Å². The molecule has 1 aromatic heterocycles. The molecule has 0 radical (unpaired) electrons. The van der Waals surface area contributed by atoms with Gasteiger partial charge in [-0.2, -0.15) is 13.2 Å². The Morgan fingerprint density at radius 3 is 2.57 bits per heavy atom. The Kier molecular flexibility index (Phi) is 4.98. The smallest absolute Gasteiger partial charge is 0.416 e. The van der Waals surface area contributed by atoms with E-state index in [0.29, 0.717) is 17.9 Å².